The molecule has 3 aromatic carbocycles. The molecule has 1 saturated carbocycles. The Kier molecular flexibility index (Phi) is 16.8. The standard InChI is InChI=1S/C47H56N4O13/c1-3-25-62-47-43(49(21-26-61-27-24-54)44(55)20-15-32-13-16-34(17-14-32)50(56)57)31-41(48-60-2)39-28-33(9-4-6-22-52)38(12-5-7-23-53)45(46(39)47)40-30-37(18-19-42(40)64-47)63-36-11-8-10-35(29-36)51(58)59/h3,8,10-11,13-20,28-30,33,38,43,45-46,52-54H,1,4-7,9,12,21-27,31H2,2H3. The number of allylic oxidation sites excluding steroid dienone is 1. The van der Waals surface area contributed by atoms with Crippen LogP contribution in [0.25, 0.3) is 6.08 Å². The van der Waals surface area contributed by atoms with E-state index < -0.39 is 33.5 Å². The van der Waals surface area contributed by atoms with Crippen molar-refractivity contribution in [1.82, 2.24) is 4.90 Å². The van der Waals surface area contributed by atoms with Gasteiger partial charge in [0.15, 0.2) is 0 Å². The Bertz CT molecular complexity index is 2190. The molecule has 0 bridgehead atoms. The number of aliphatic hydroxyl groups excluding tert-OH is 3. The maximum atomic E-state index is 14.7. The number of amides is 1. The number of hydrogen-bond acceptors (Lipinski definition) is 14. The average molecular weight is 885 g/mol. The number of non-ortho nitro benzene ring substituents is 2. The Morgan fingerprint density at radius 3 is 2.36 bits per heavy atom. The molecule has 17 heteroatoms. The Hall–Kier alpha value is -5.98. The van der Waals surface area contributed by atoms with Crippen LogP contribution >= 0.6 is 0 Å². The van der Waals surface area contributed by atoms with Gasteiger partial charge in [-0.1, -0.05) is 36.2 Å². The molecule has 6 unspecified atom stereocenters. The van der Waals surface area contributed by atoms with E-state index in [-0.39, 0.29) is 87.5 Å². The summed E-state index contributed by atoms with van der Waals surface area (Å²) in [6.07, 6.45) is 11.0. The molecule has 0 radical (unpaired) electrons. The second kappa shape index (κ2) is 22.6. The van der Waals surface area contributed by atoms with Crippen LogP contribution in [0, 0.1) is 38.0 Å². The van der Waals surface area contributed by atoms with Gasteiger partial charge in [-0.25, -0.2) is 0 Å². The van der Waals surface area contributed by atoms with Gasteiger partial charge in [0.1, 0.15) is 30.4 Å². The fourth-order valence-electron chi connectivity index (χ4n) is 9.34. The molecule has 1 aliphatic heterocycles. The molecule has 3 aliphatic rings. The maximum absolute atomic E-state index is 14.7. The topological polar surface area (TPSA) is 226 Å². The first kappa shape index (κ1) is 47.5. The van der Waals surface area contributed by atoms with Gasteiger partial charge in [-0.15, -0.1) is 6.58 Å². The van der Waals surface area contributed by atoms with Gasteiger partial charge in [0.05, 0.1) is 54.0 Å². The molecular formula is C47H56N4O13. The van der Waals surface area contributed by atoms with Crippen LogP contribution in [0.2, 0.25) is 0 Å². The van der Waals surface area contributed by atoms with Crippen LogP contribution in [-0.4, -0.2) is 107 Å². The number of rotatable bonds is 24. The van der Waals surface area contributed by atoms with Crippen molar-refractivity contribution < 1.29 is 53.7 Å². The molecule has 64 heavy (non-hydrogen) atoms. The lowest BCUT2D eigenvalue weighted by Crippen LogP contribution is -2.70. The zero-order valence-electron chi connectivity index (χ0n) is 35.9. The van der Waals surface area contributed by atoms with E-state index in [0.717, 1.165) is 24.0 Å². The summed E-state index contributed by atoms with van der Waals surface area (Å²) >= 11 is 0. The van der Waals surface area contributed by atoms with Gasteiger partial charge in [-0.05, 0) is 91.1 Å². The molecule has 3 aromatic rings. The predicted molar refractivity (Wildman–Crippen MR) is 237 cm³/mol. The van der Waals surface area contributed by atoms with E-state index in [4.69, 9.17) is 23.8 Å². The number of nitrogens with zero attached hydrogens (tertiary/aromatic N) is 4. The summed E-state index contributed by atoms with van der Waals surface area (Å²) in [7, 11) is 1.46. The zero-order valence-corrected chi connectivity index (χ0v) is 35.9. The molecule has 3 N–H and O–H groups in total. The summed E-state index contributed by atoms with van der Waals surface area (Å²) in [5.41, 5.74) is 2.53. The largest absolute Gasteiger partial charge is 0.459 e. The molecular weight excluding hydrogens is 829 g/mol. The molecule has 17 nitrogen and oxygen atoms in total. The number of oxime groups is 1. The molecule has 6 rings (SSSR count). The lowest BCUT2D eigenvalue weighted by atomic mass is 9.55. The smallest absolute Gasteiger partial charge is 0.273 e. The fourth-order valence-corrected chi connectivity index (χ4v) is 9.34. The van der Waals surface area contributed by atoms with Crippen molar-refractivity contribution >= 4 is 29.1 Å². The van der Waals surface area contributed by atoms with Gasteiger partial charge in [0.25, 0.3) is 11.4 Å². The molecule has 342 valence electrons. The number of nitro benzene ring substituents is 2. The van der Waals surface area contributed by atoms with Crippen LogP contribution < -0.4 is 9.47 Å². The van der Waals surface area contributed by atoms with Crippen LogP contribution in [-0.2, 0) is 19.1 Å². The summed E-state index contributed by atoms with van der Waals surface area (Å²) in [4.78, 5) is 43.8. The second-order valence-corrected chi connectivity index (χ2v) is 15.9. The lowest BCUT2D eigenvalue weighted by molar-refractivity contribution is -0.385. The minimum absolute atomic E-state index is 0.0138. The van der Waals surface area contributed by atoms with E-state index in [2.05, 4.69) is 17.8 Å². The minimum Gasteiger partial charge on any atom is -0.459 e. The van der Waals surface area contributed by atoms with Crippen molar-refractivity contribution in [2.45, 2.75) is 62.7 Å². The summed E-state index contributed by atoms with van der Waals surface area (Å²) in [6.45, 7) is 3.95. The summed E-state index contributed by atoms with van der Waals surface area (Å²) < 4.78 is 26.2. The molecule has 0 aromatic heterocycles. The Balaban J connectivity index is 1.55. The van der Waals surface area contributed by atoms with E-state index >= 15 is 0 Å². The third-order valence-corrected chi connectivity index (χ3v) is 12.0. The van der Waals surface area contributed by atoms with Crippen molar-refractivity contribution in [3.05, 3.63) is 128 Å². The average Bonchev–Trinajstić information content (AvgIpc) is 3.29. The minimum atomic E-state index is -1.58. The molecule has 2 aliphatic carbocycles. The number of unbranched alkanes of at least 4 members (excludes halogenated alkanes) is 2. The highest BCUT2D eigenvalue weighted by Crippen LogP contribution is 2.62. The van der Waals surface area contributed by atoms with Gasteiger partial charge in [0.2, 0.25) is 11.7 Å². The Morgan fingerprint density at radius 1 is 0.938 bits per heavy atom. The number of ether oxygens (including phenoxy) is 4. The van der Waals surface area contributed by atoms with Crippen molar-refractivity contribution in [3.8, 4) is 17.2 Å². The SMILES string of the molecule is C=CCOC12Oc3ccc(Oc4cccc([N+](=O)[O-])c4)cc3C3C(CCCCO)C(CCCCO)C=C(C(=NOC)CC1N(CCOCCO)C(=O)C=Cc1ccc([N+](=O)[O-])cc1)C32. The monoisotopic (exact) mass is 884 g/mol. The fraction of sp³-hybridized carbons (Fsp3) is 0.447. The molecule has 0 spiro atoms. The first-order valence-electron chi connectivity index (χ1n) is 21.5. The highest BCUT2D eigenvalue weighted by Gasteiger charge is 2.65. The highest BCUT2D eigenvalue weighted by molar-refractivity contribution is 6.03. The Labute approximate surface area is 371 Å². The molecule has 1 amide bonds. The number of carbonyl (C=O) groups excluding carboxylic acids is 1. The normalized spacial score (nSPS) is 22.8. The van der Waals surface area contributed by atoms with Crippen LogP contribution in [0.5, 0.6) is 17.2 Å². The summed E-state index contributed by atoms with van der Waals surface area (Å²) in [5, 5.41) is 56.9. The third-order valence-electron chi connectivity index (χ3n) is 12.0. The van der Waals surface area contributed by atoms with E-state index in [1.165, 1.54) is 37.5 Å². The molecule has 1 fully saturated rings. The van der Waals surface area contributed by atoms with Crippen molar-refractivity contribution in [1.29, 1.82) is 0 Å². The van der Waals surface area contributed by atoms with Crippen LogP contribution in [0.1, 0.15) is 62.0 Å². The van der Waals surface area contributed by atoms with Crippen molar-refractivity contribution in [2.75, 3.05) is 53.3 Å². The van der Waals surface area contributed by atoms with Gasteiger partial charge in [-0.3, -0.25) is 25.0 Å². The first-order valence-corrected chi connectivity index (χ1v) is 21.5. The number of hydrogen-bond donors (Lipinski definition) is 3. The number of fused-ring (bicyclic) bond motifs is 2. The quantitative estimate of drug-likeness (QED) is 0.0268. The first-order chi connectivity index (χ1) is 31.1. The number of nitro groups is 2. The van der Waals surface area contributed by atoms with Crippen molar-refractivity contribution in [3.63, 3.8) is 0 Å². The van der Waals surface area contributed by atoms with Gasteiger partial charge in [-0.2, -0.15) is 0 Å². The van der Waals surface area contributed by atoms with Crippen molar-refractivity contribution in [2.24, 2.45) is 22.9 Å². The van der Waals surface area contributed by atoms with E-state index in [1.807, 2.05) is 6.07 Å². The van der Waals surface area contributed by atoms with Gasteiger partial charge >= 0.3 is 0 Å². The Morgan fingerprint density at radius 2 is 1.67 bits per heavy atom. The van der Waals surface area contributed by atoms with Crippen LogP contribution in [0.4, 0.5) is 11.4 Å². The van der Waals surface area contributed by atoms with Crippen LogP contribution in [0.3, 0.4) is 0 Å². The maximum Gasteiger partial charge on any atom is 0.273 e. The number of benzene rings is 3. The zero-order chi connectivity index (χ0) is 45.6. The summed E-state index contributed by atoms with van der Waals surface area (Å²) in [6, 6.07) is 16.2. The van der Waals surface area contributed by atoms with Gasteiger partial charge in [0, 0.05) is 61.9 Å². The van der Waals surface area contributed by atoms with Gasteiger partial charge < -0.3 is 44.0 Å². The third kappa shape index (κ3) is 10.8. The molecule has 0 saturated heterocycles. The highest BCUT2D eigenvalue weighted by atomic mass is 16.7. The summed E-state index contributed by atoms with van der Waals surface area (Å²) in [5.74, 6) is -1.96. The second-order valence-electron chi connectivity index (χ2n) is 15.9. The molecule has 1 heterocycles. The van der Waals surface area contributed by atoms with E-state index in [9.17, 15) is 40.3 Å². The number of aliphatic hydroxyl groups is 3. The molecule has 6 atom stereocenters. The lowest BCUT2D eigenvalue weighted by Gasteiger charge is -2.60. The van der Waals surface area contributed by atoms with Crippen LogP contribution in [0.15, 0.2) is 102 Å². The predicted octanol–water partition coefficient (Wildman–Crippen LogP) is 7.11. The number of carbonyl (C=O) groups is 1. The van der Waals surface area contributed by atoms with E-state index in [1.54, 1.807) is 53.5 Å². The van der Waals surface area contributed by atoms with E-state index in [0.29, 0.717) is 48.5 Å².